The topological polar surface area (TPSA) is 29.9 Å². The average Bonchev–Trinajstić information content (AvgIpc) is 2.72. The molecular weight excluding hydrogens is 210 g/mol. The maximum atomic E-state index is 4.24. The molecule has 17 heavy (non-hydrogen) atoms. The average molecular weight is 237 g/mol. The fourth-order valence-electron chi connectivity index (χ4n) is 2.62. The summed E-state index contributed by atoms with van der Waals surface area (Å²) < 4.78 is 1.89. The third kappa shape index (κ3) is 4.50. The highest BCUT2D eigenvalue weighted by molar-refractivity contribution is 5.06. The van der Waals surface area contributed by atoms with Gasteiger partial charge in [-0.1, -0.05) is 26.7 Å². The predicted octanol–water partition coefficient (Wildman–Crippen LogP) is 2.77. The largest absolute Gasteiger partial charge is 0.316 e. The van der Waals surface area contributed by atoms with E-state index in [0.717, 1.165) is 12.3 Å². The SMILES string of the molecule is CCCC(CCC)C(Cc1cnn(C)c1)NC. The van der Waals surface area contributed by atoms with Crippen molar-refractivity contribution in [3.05, 3.63) is 18.0 Å². The van der Waals surface area contributed by atoms with Crippen LogP contribution in [0.15, 0.2) is 12.4 Å². The van der Waals surface area contributed by atoms with Gasteiger partial charge in [-0.05, 0) is 37.8 Å². The summed E-state index contributed by atoms with van der Waals surface area (Å²) in [4.78, 5) is 0. The number of aromatic nitrogens is 2. The van der Waals surface area contributed by atoms with Gasteiger partial charge < -0.3 is 5.32 Å². The fourth-order valence-corrected chi connectivity index (χ4v) is 2.62. The first-order chi connectivity index (χ1) is 8.21. The van der Waals surface area contributed by atoms with Crippen molar-refractivity contribution in [2.75, 3.05) is 7.05 Å². The van der Waals surface area contributed by atoms with Crippen molar-refractivity contribution in [3.63, 3.8) is 0 Å². The first kappa shape index (κ1) is 14.2. The Hall–Kier alpha value is -0.830. The van der Waals surface area contributed by atoms with Gasteiger partial charge in [0.1, 0.15) is 0 Å². The van der Waals surface area contributed by atoms with Crippen molar-refractivity contribution in [2.24, 2.45) is 13.0 Å². The monoisotopic (exact) mass is 237 g/mol. The molecule has 0 aliphatic rings. The molecule has 1 aromatic rings. The summed E-state index contributed by atoms with van der Waals surface area (Å²) in [6.07, 6.45) is 10.4. The van der Waals surface area contributed by atoms with Crippen LogP contribution < -0.4 is 5.32 Å². The molecule has 1 unspecified atom stereocenters. The van der Waals surface area contributed by atoms with Gasteiger partial charge in [-0.3, -0.25) is 4.68 Å². The van der Waals surface area contributed by atoms with Crippen LogP contribution in [0.5, 0.6) is 0 Å². The molecule has 0 saturated heterocycles. The van der Waals surface area contributed by atoms with E-state index >= 15 is 0 Å². The molecule has 0 fully saturated rings. The lowest BCUT2D eigenvalue weighted by molar-refractivity contribution is 0.322. The molecule has 98 valence electrons. The van der Waals surface area contributed by atoms with E-state index in [9.17, 15) is 0 Å². The second kappa shape index (κ2) is 7.49. The van der Waals surface area contributed by atoms with E-state index in [4.69, 9.17) is 0 Å². The van der Waals surface area contributed by atoms with Crippen LogP contribution in [0.2, 0.25) is 0 Å². The molecule has 0 amide bonds. The molecule has 0 bridgehead atoms. The highest BCUT2D eigenvalue weighted by atomic mass is 15.2. The van der Waals surface area contributed by atoms with Crippen LogP contribution in [0.1, 0.15) is 45.1 Å². The summed E-state index contributed by atoms with van der Waals surface area (Å²) in [5, 5.41) is 7.74. The lowest BCUT2D eigenvalue weighted by Gasteiger charge is -2.26. The molecule has 0 aliphatic heterocycles. The van der Waals surface area contributed by atoms with Crippen LogP contribution in [0, 0.1) is 5.92 Å². The molecule has 3 nitrogen and oxygen atoms in total. The van der Waals surface area contributed by atoms with Gasteiger partial charge >= 0.3 is 0 Å². The molecule has 0 radical (unpaired) electrons. The van der Waals surface area contributed by atoms with Gasteiger partial charge in [0.25, 0.3) is 0 Å². The molecule has 1 N–H and O–H groups in total. The van der Waals surface area contributed by atoms with Crippen molar-refractivity contribution in [1.29, 1.82) is 0 Å². The maximum absolute atomic E-state index is 4.24. The van der Waals surface area contributed by atoms with Crippen LogP contribution in [0.4, 0.5) is 0 Å². The summed E-state index contributed by atoms with van der Waals surface area (Å²) >= 11 is 0. The Labute approximate surface area is 106 Å². The zero-order valence-electron chi connectivity index (χ0n) is 11.7. The van der Waals surface area contributed by atoms with Crippen molar-refractivity contribution in [3.8, 4) is 0 Å². The molecule has 1 aromatic heterocycles. The fraction of sp³-hybridized carbons (Fsp3) is 0.786. The number of nitrogens with one attached hydrogen (secondary N) is 1. The molecular formula is C14H27N3. The van der Waals surface area contributed by atoms with Crippen molar-refractivity contribution < 1.29 is 0 Å². The first-order valence-corrected chi connectivity index (χ1v) is 6.86. The highest BCUT2D eigenvalue weighted by Gasteiger charge is 2.19. The van der Waals surface area contributed by atoms with Crippen LogP contribution >= 0.6 is 0 Å². The van der Waals surface area contributed by atoms with E-state index < -0.39 is 0 Å². The summed E-state index contributed by atoms with van der Waals surface area (Å²) in [6.45, 7) is 4.55. The smallest absolute Gasteiger partial charge is 0.0522 e. The van der Waals surface area contributed by atoms with Gasteiger partial charge in [0.05, 0.1) is 6.20 Å². The number of nitrogens with zero attached hydrogens (tertiary/aromatic N) is 2. The van der Waals surface area contributed by atoms with Crippen molar-refractivity contribution >= 4 is 0 Å². The lowest BCUT2D eigenvalue weighted by atomic mass is 9.87. The summed E-state index contributed by atoms with van der Waals surface area (Å²) in [5.41, 5.74) is 1.34. The molecule has 1 rings (SSSR count). The molecule has 1 atom stereocenters. The van der Waals surface area contributed by atoms with Crippen molar-refractivity contribution in [2.45, 2.75) is 52.0 Å². The van der Waals surface area contributed by atoms with Crippen LogP contribution in [-0.2, 0) is 13.5 Å². The molecule has 1 heterocycles. The zero-order chi connectivity index (χ0) is 12.7. The Morgan fingerprint density at radius 1 is 1.29 bits per heavy atom. The Morgan fingerprint density at radius 2 is 1.94 bits per heavy atom. The number of hydrogen-bond acceptors (Lipinski definition) is 2. The number of aryl methyl sites for hydroxylation is 1. The molecule has 0 saturated carbocycles. The Bertz CT molecular complexity index is 300. The van der Waals surface area contributed by atoms with E-state index in [1.807, 2.05) is 17.9 Å². The van der Waals surface area contributed by atoms with Gasteiger partial charge in [-0.15, -0.1) is 0 Å². The van der Waals surface area contributed by atoms with Gasteiger partial charge in [0, 0.05) is 19.3 Å². The second-order valence-corrected chi connectivity index (χ2v) is 4.96. The molecule has 0 aliphatic carbocycles. The Balaban J connectivity index is 2.61. The quantitative estimate of drug-likeness (QED) is 0.753. The van der Waals surface area contributed by atoms with Gasteiger partial charge in [0.15, 0.2) is 0 Å². The standard InChI is InChI=1S/C14H27N3/c1-5-7-13(8-6-2)14(15-3)9-12-10-16-17(4)11-12/h10-11,13-15H,5-9H2,1-4H3. The van der Waals surface area contributed by atoms with E-state index in [2.05, 4.69) is 37.5 Å². The van der Waals surface area contributed by atoms with Crippen molar-refractivity contribution in [1.82, 2.24) is 15.1 Å². The van der Waals surface area contributed by atoms with E-state index in [1.165, 1.54) is 31.2 Å². The van der Waals surface area contributed by atoms with Gasteiger partial charge in [-0.2, -0.15) is 5.10 Å². The normalized spacial score (nSPS) is 13.2. The predicted molar refractivity (Wildman–Crippen MR) is 73.1 cm³/mol. The Kier molecular flexibility index (Phi) is 6.27. The van der Waals surface area contributed by atoms with Gasteiger partial charge in [0.2, 0.25) is 0 Å². The number of likely N-dealkylation sites (N-methyl/N-ethyl adjacent to an activating group) is 1. The Morgan fingerprint density at radius 3 is 2.35 bits per heavy atom. The summed E-state index contributed by atoms with van der Waals surface area (Å²) in [5.74, 6) is 0.787. The highest BCUT2D eigenvalue weighted by Crippen LogP contribution is 2.20. The first-order valence-electron chi connectivity index (χ1n) is 6.86. The third-order valence-electron chi connectivity index (χ3n) is 3.47. The lowest BCUT2D eigenvalue weighted by Crippen LogP contribution is -2.35. The van der Waals surface area contributed by atoms with E-state index in [0.29, 0.717) is 6.04 Å². The summed E-state index contributed by atoms with van der Waals surface area (Å²) in [6, 6.07) is 0.582. The minimum Gasteiger partial charge on any atom is -0.316 e. The van der Waals surface area contributed by atoms with Gasteiger partial charge in [-0.25, -0.2) is 0 Å². The van der Waals surface area contributed by atoms with Crippen LogP contribution in [-0.4, -0.2) is 22.9 Å². The maximum Gasteiger partial charge on any atom is 0.0522 e. The number of rotatable bonds is 8. The van der Waals surface area contributed by atoms with E-state index in [1.54, 1.807) is 0 Å². The molecule has 0 spiro atoms. The second-order valence-electron chi connectivity index (χ2n) is 4.96. The zero-order valence-corrected chi connectivity index (χ0v) is 11.7. The minimum absolute atomic E-state index is 0.582. The van der Waals surface area contributed by atoms with Crippen LogP contribution in [0.3, 0.4) is 0 Å². The summed E-state index contributed by atoms with van der Waals surface area (Å²) in [7, 11) is 4.06. The number of hydrogen-bond donors (Lipinski definition) is 1. The van der Waals surface area contributed by atoms with E-state index in [-0.39, 0.29) is 0 Å². The minimum atomic E-state index is 0.582. The third-order valence-corrected chi connectivity index (χ3v) is 3.47. The molecule has 3 heteroatoms. The molecule has 0 aromatic carbocycles. The van der Waals surface area contributed by atoms with Crippen LogP contribution in [0.25, 0.3) is 0 Å².